The number of hydrogen-bond donors (Lipinski definition) is 2. The van der Waals surface area contributed by atoms with Crippen molar-refractivity contribution in [2.75, 3.05) is 11.3 Å². The van der Waals surface area contributed by atoms with Gasteiger partial charge in [-0.25, -0.2) is 12.8 Å². The Bertz CT molecular complexity index is 561. The molecule has 0 saturated heterocycles. The van der Waals surface area contributed by atoms with E-state index in [0.29, 0.717) is 21.8 Å². The van der Waals surface area contributed by atoms with Crippen LogP contribution in [-0.4, -0.2) is 26.3 Å². The maximum absolute atomic E-state index is 13.0. The van der Waals surface area contributed by atoms with Crippen molar-refractivity contribution in [1.29, 1.82) is 0 Å². The lowest BCUT2D eigenvalue weighted by atomic mass is 10.3. The molecule has 0 bridgehead atoms. The van der Waals surface area contributed by atoms with Crippen LogP contribution in [0.15, 0.2) is 18.2 Å². The monoisotopic (exact) mass is 398 g/mol. The molecule has 1 fully saturated rings. The van der Waals surface area contributed by atoms with Gasteiger partial charge in [0.25, 0.3) is 0 Å². The van der Waals surface area contributed by atoms with Gasteiger partial charge in [0.05, 0.1) is 10.9 Å². The van der Waals surface area contributed by atoms with E-state index in [1.54, 1.807) is 6.92 Å². The van der Waals surface area contributed by atoms with Crippen LogP contribution in [0, 0.1) is 9.39 Å². The Morgan fingerprint density at radius 3 is 2.74 bits per heavy atom. The fourth-order valence-corrected chi connectivity index (χ4v) is 3.35. The van der Waals surface area contributed by atoms with Gasteiger partial charge in [0.2, 0.25) is 10.0 Å². The first-order valence-corrected chi connectivity index (χ1v) is 8.71. The van der Waals surface area contributed by atoms with Crippen molar-refractivity contribution < 1.29 is 12.8 Å². The Labute approximate surface area is 126 Å². The quantitative estimate of drug-likeness (QED) is 0.724. The minimum atomic E-state index is -3.46. The third-order valence-electron chi connectivity index (χ3n) is 2.98. The van der Waals surface area contributed by atoms with Gasteiger partial charge in [-0.05, 0) is 60.6 Å². The van der Waals surface area contributed by atoms with E-state index in [1.165, 1.54) is 18.2 Å². The normalized spacial score (nSPS) is 17.2. The first-order chi connectivity index (χ1) is 8.88. The first-order valence-electron chi connectivity index (χ1n) is 6.08. The number of hydrogen-bond acceptors (Lipinski definition) is 3. The Kier molecular flexibility index (Phi) is 4.67. The van der Waals surface area contributed by atoms with E-state index in [4.69, 9.17) is 0 Å². The average molecular weight is 398 g/mol. The van der Waals surface area contributed by atoms with Gasteiger partial charge in [-0.15, -0.1) is 0 Å². The number of halogens is 2. The molecule has 4 nitrogen and oxygen atoms in total. The number of anilines is 1. The molecule has 1 unspecified atom stereocenters. The molecule has 7 heteroatoms. The van der Waals surface area contributed by atoms with Gasteiger partial charge in [-0.3, -0.25) is 4.72 Å². The predicted molar refractivity (Wildman–Crippen MR) is 82.1 cm³/mol. The summed E-state index contributed by atoms with van der Waals surface area (Å²) in [6, 6.07) is 4.46. The standard InChI is InChI=1S/C12H16FIN2O2S/c1-8(7-15-10-3-4-10)19(17,18)16-12-5-2-9(13)6-11(12)14/h2,5-6,8,10,15-16H,3-4,7H2,1H3. The van der Waals surface area contributed by atoms with E-state index in [9.17, 15) is 12.8 Å². The molecule has 1 aromatic rings. The van der Waals surface area contributed by atoms with Crippen LogP contribution in [0.1, 0.15) is 19.8 Å². The Balaban J connectivity index is 2.02. The van der Waals surface area contributed by atoms with Crippen LogP contribution in [0.5, 0.6) is 0 Å². The molecule has 1 saturated carbocycles. The fourth-order valence-electron chi connectivity index (χ4n) is 1.56. The largest absolute Gasteiger partial charge is 0.313 e. The van der Waals surface area contributed by atoms with E-state index < -0.39 is 15.3 Å². The van der Waals surface area contributed by atoms with Crippen molar-refractivity contribution in [2.45, 2.75) is 31.1 Å². The van der Waals surface area contributed by atoms with Gasteiger partial charge in [0.15, 0.2) is 0 Å². The van der Waals surface area contributed by atoms with Crippen molar-refractivity contribution in [2.24, 2.45) is 0 Å². The summed E-state index contributed by atoms with van der Waals surface area (Å²) < 4.78 is 40.3. The Morgan fingerprint density at radius 2 is 2.16 bits per heavy atom. The molecular weight excluding hydrogens is 382 g/mol. The lowest BCUT2D eigenvalue weighted by molar-refractivity contribution is 0.576. The van der Waals surface area contributed by atoms with Crippen molar-refractivity contribution in [3.05, 3.63) is 27.6 Å². The van der Waals surface area contributed by atoms with E-state index in [2.05, 4.69) is 10.0 Å². The van der Waals surface area contributed by atoms with Crippen LogP contribution in [0.4, 0.5) is 10.1 Å². The van der Waals surface area contributed by atoms with Crippen LogP contribution >= 0.6 is 22.6 Å². The second-order valence-corrected chi connectivity index (χ2v) is 8.03. The summed E-state index contributed by atoms with van der Waals surface area (Å²) in [7, 11) is -3.46. The van der Waals surface area contributed by atoms with E-state index in [-0.39, 0.29) is 5.82 Å². The molecule has 106 valence electrons. The number of benzene rings is 1. The molecule has 0 heterocycles. The smallest absolute Gasteiger partial charge is 0.236 e. The van der Waals surface area contributed by atoms with Crippen molar-refractivity contribution in [1.82, 2.24) is 5.32 Å². The lowest BCUT2D eigenvalue weighted by Gasteiger charge is -2.16. The first kappa shape index (κ1) is 15.0. The summed E-state index contributed by atoms with van der Waals surface area (Å²) in [6.07, 6.45) is 2.24. The summed E-state index contributed by atoms with van der Waals surface area (Å²) >= 11 is 1.91. The van der Waals surface area contributed by atoms with Gasteiger partial charge in [0, 0.05) is 16.2 Å². The van der Waals surface area contributed by atoms with Gasteiger partial charge in [0.1, 0.15) is 5.82 Å². The molecule has 0 radical (unpaired) electrons. The minimum Gasteiger partial charge on any atom is -0.313 e. The van der Waals surface area contributed by atoms with Gasteiger partial charge < -0.3 is 5.32 Å². The highest BCUT2D eigenvalue weighted by molar-refractivity contribution is 14.1. The number of nitrogens with one attached hydrogen (secondary N) is 2. The molecule has 2 rings (SSSR count). The van der Waals surface area contributed by atoms with Crippen LogP contribution in [-0.2, 0) is 10.0 Å². The molecule has 1 atom stereocenters. The molecule has 0 spiro atoms. The highest BCUT2D eigenvalue weighted by Gasteiger charge is 2.26. The molecule has 0 aliphatic heterocycles. The number of rotatable bonds is 6. The van der Waals surface area contributed by atoms with Gasteiger partial charge in [-0.1, -0.05) is 0 Å². The Hall–Kier alpha value is -0.410. The highest BCUT2D eigenvalue weighted by Crippen LogP contribution is 2.22. The summed E-state index contributed by atoms with van der Waals surface area (Å²) in [5, 5.41) is 2.66. The molecule has 19 heavy (non-hydrogen) atoms. The summed E-state index contributed by atoms with van der Waals surface area (Å²) in [6.45, 7) is 2.09. The van der Waals surface area contributed by atoms with Crippen LogP contribution in [0.2, 0.25) is 0 Å². The van der Waals surface area contributed by atoms with Crippen LogP contribution < -0.4 is 10.0 Å². The number of sulfonamides is 1. The van der Waals surface area contributed by atoms with Crippen LogP contribution in [0.25, 0.3) is 0 Å². The topological polar surface area (TPSA) is 58.2 Å². The molecular formula is C12H16FIN2O2S. The lowest BCUT2D eigenvalue weighted by Crippen LogP contribution is -2.35. The maximum Gasteiger partial charge on any atom is 0.236 e. The molecule has 1 aliphatic rings. The molecule has 0 amide bonds. The highest BCUT2D eigenvalue weighted by atomic mass is 127. The predicted octanol–water partition coefficient (Wildman–Crippen LogP) is 2.31. The Morgan fingerprint density at radius 1 is 1.47 bits per heavy atom. The summed E-state index contributed by atoms with van der Waals surface area (Å²) in [4.78, 5) is 0. The molecule has 1 aromatic carbocycles. The molecule has 0 aromatic heterocycles. The van der Waals surface area contributed by atoms with E-state index in [1.807, 2.05) is 22.6 Å². The maximum atomic E-state index is 13.0. The minimum absolute atomic E-state index is 0.379. The van der Waals surface area contributed by atoms with Gasteiger partial charge in [-0.2, -0.15) is 0 Å². The van der Waals surface area contributed by atoms with Crippen molar-refractivity contribution in [3.63, 3.8) is 0 Å². The SMILES string of the molecule is CC(CNC1CC1)S(=O)(=O)Nc1ccc(F)cc1I. The second kappa shape index (κ2) is 5.92. The van der Waals surface area contributed by atoms with Crippen molar-refractivity contribution in [3.8, 4) is 0 Å². The van der Waals surface area contributed by atoms with E-state index >= 15 is 0 Å². The van der Waals surface area contributed by atoms with Crippen LogP contribution in [0.3, 0.4) is 0 Å². The summed E-state index contributed by atoms with van der Waals surface area (Å²) in [5.41, 5.74) is 0.417. The third kappa shape index (κ3) is 4.28. The van der Waals surface area contributed by atoms with Crippen molar-refractivity contribution >= 4 is 38.3 Å². The summed E-state index contributed by atoms with van der Waals surface area (Å²) in [5.74, 6) is -0.379. The third-order valence-corrected chi connectivity index (χ3v) is 5.61. The molecule has 1 aliphatic carbocycles. The van der Waals surface area contributed by atoms with E-state index in [0.717, 1.165) is 12.8 Å². The zero-order valence-corrected chi connectivity index (χ0v) is 13.5. The molecule has 2 N–H and O–H groups in total. The van der Waals surface area contributed by atoms with Gasteiger partial charge >= 0.3 is 0 Å². The average Bonchev–Trinajstić information content (AvgIpc) is 3.13. The zero-order valence-electron chi connectivity index (χ0n) is 10.5. The zero-order chi connectivity index (χ0) is 14.0. The second-order valence-electron chi connectivity index (χ2n) is 4.76. The fraction of sp³-hybridized carbons (Fsp3) is 0.500.